The van der Waals surface area contributed by atoms with E-state index in [0.717, 1.165) is 11.8 Å². The molecule has 0 spiro atoms. The maximum absolute atomic E-state index is 13.1. The van der Waals surface area contributed by atoms with Crippen LogP contribution in [0.25, 0.3) is 0 Å². The first-order valence-electron chi connectivity index (χ1n) is 7.20. The minimum absolute atomic E-state index is 0.158. The molecule has 2 fully saturated rings. The lowest BCUT2D eigenvalue weighted by atomic mass is 9.84. The van der Waals surface area contributed by atoms with Crippen molar-refractivity contribution in [3.05, 3.63) is 35.6 Å². The van der Waals surface area contributed by atoms with Gasteiger partial charge < -0.3 is 5.32 Å². The molecule has 0 aliphatic heterocycles. The summed E-state index contributed by atoms with van der Waals surface area (Å²) in [5, 5.41) is 3.04. The summed E-state index contributed by atoms with van der Waals surface area (Å²) < 4.78 is 13.1. The zero-order valence-electron chi connectivity index (χ0n) is 11.2. The Morgan fingerprint density at radius 2 is 2.21 bits per heavy atom. The topological polar surface area (TPSA) is 29.1 Å². The zero-order valence-corrected chi connectivity index (χ0v) is 11.2. The fraction of sp³-hybridized carbons (Fsp3) is 0.562. The number of amides is 1. The van der Waals surface area contributed by atoms with Crippen molar-refractivity contribution in [3.63, 3.8) is 0 Å². The van der Waals surface area contributed by atoms with Crippen LogP contribution >= 0.6 is 0 Å². The molecule has 0 radical (unpaired) electrons. The normalized spacial score (nSPS) is 30.3. The molecule has 2 saturated carbocycles. The van der Waals surface area contributed by atoms with Crippen LogP contribution in [0.2, 0.25) is 0 Å². The molecule has 2 aliphatic carbocycles. The number of carbonyl (C=O) groups is 1. The first-order chi connectivity index (χ1) is 9.13. The van der Waals surface area contributed by atoms with E-state index in [1.54, 1.807) is 12.1 Å². The Hall–Kier alpha value is -1.38. The number of hydrogen-bond acceptors (Lipinski definition) is 1. The molecule has 3 rings (SSSR count). The lowest BCUT2D eigenvalue weighted by Crippen LogP contribution is -2.40. The number of fused-ring (bicyclic) bond motifs is 2. The van der Waals surface area contributed by atoms with Gasteiger partial charge in [-0.2, -0.15) is 0 Å². The van der Waals surface area contributed by atoms with Crippen LogP contribution in [-0.2, 0) is 0 Å². The minimum Gasteiger partial charge on any atom is -0.349 e. The van der Waals surface area contributed by atoms with Crippen LogP contribution in [0.1, 0.15) is 43.0 Å². The lowest BCUT2D eigenvalue weighted by molar-refractivity contribution is 0.0915. The van der Waals surface area contributed by atoms with Gasteiger partial charge in [0.25, 0.3) is 5.91 Å². The van der Waals surface area contributed by atoms with Gasteiger partial charge in [-0.1, -0.05) is 12.5 Å². The summed E-state index contributed by atoms with van der Waals surface area (Å²) in [5.74, 6) is 1.75. The predicted molar refractivity (Wildman–Crippen MR) is 72.3 cm³/mol. The van der Waals surface area contributed by atoms with Gasteiger partial charge in [0.1, 0.15) is 5.82 Å². The standard InChI is InChI=1S/C16H20FNO/c1-10(15-8-11-5-6-12(15)7-11)18-16(19)13-3-2-4-14(17)9-13/h2-4,9-12,15H,5-8H2,1H3,(H,18,19)/t10-,11+,12+,15-/m0/s1. The van der Waals surface area contributed by atoms with Crippen molar-refractivity contribution >= 4 is 5.91 Å². The summed E-state index contributed by atoms with van der Waals surface area (Å²) in [7, 11) is 0. The molecule has 2 aliphatic rings. The van der Waals surface area contributed by atoms with Crippen molar-refractivity contribution in [3.8, 4) is 0 Å². The molecule has 1 N–H and O–H groups in total. The van der Waals surface area contributed by atoms with E-state index < -0.39 is 0 Å². The highest BCUT2D eigenvalue weighted by molar-refractivity contribution is 5.94. The third-order valence-corrected chi connectivity index (χ3v) is 4.88. The number of halogens is 1. The first kappa shape index (κ1) is 12.6. The third kappa shape index (κ3) is 2.51. The molecule has 2 nitrogen and oxygen atoms in total. The molecule has 0 aromatic heterocycles. The highest BCUT2D eigenvalue weighted by Crippen LogP contribution is 2.49. The summed E-state index contributed by atoms with van der Waals surface area (Å²) in [6.07, 6.45) is 5.27. The van der Waals surface area contributed by atoms with Gasteiger partial charge >= 0.3 is 0 Å². The highest BCUT2D eigenvalue weighted by Gasteiger charge is 2.42. The number of hydrogen-bond donors (Lipinski definition) is 1. The molecule has 0 saturated heterocycles. The summed E-state index contributed by atoms with van der Waals surface area (Å²) >= 11 is 0. The Bertz CT molecular complexity index is 487. The van der Waals surface area contributed by atoms with Gasteiger partial charge in [0, 0.05) is 11.6 Å². The van der Waals surface area contributed by atoms with Crippen molar-refractivity contribution in [2.24, 2.45) is 17.8 Å². The fourth-order valence-corrected chi connectivity index (χ4v) is 3.93. The SMILES string of the molecule is C[C@H](NC(=O)c1cccc(F)c1)[C@@H]1C[C@@H]2CC[C@@H]1C2. The predicted octanol–water partition coefficient (Wildman–Crippen LogP) is 3.38. The van der Waals surface area contributed by atoms with Crippen LogP contribution in [0.3, 0.4) is 0 Å². The van der Waals surface area contributed by atoms with Crippen LogP contribution in [0.15, 0.2) is 24.3 Å². The summed E-state index contributed by atoms with van der Waals surface area (Å²) in [6.45, 7) is 2.09. The molecule has 4 atom stereocenters. The maximum atomic E-state index is 13.1. The van der Waals surface area contributed by atoms with Gasteiger partial charge in [-0.3, -0.25) is 4.79 Å². The van der Waals surface area contributed by atoms with E-state index >= 15 is 0 Å². The molecule has 2 bridgehead atoms. The molecular weight excluding hydrogens is 241 g/mol. The van der Waals surface area contributed by atoms with Crippen LogP contribution in [0.5, 0.6) is 0 Å². The maximum Gasteiger partial charge on any atom is 0.251 e. The van der Waals surface area contributed by atoms with E-state index in [0.29, 0.717) is 11.5 Å². The van der Waals surface area contributed by atoms with Crippen LogP contribution < -0.4 is 5.32 Å². The smallest absolute Gasteiger partial charge is 0.251 e. The van der Waals surface area contributed by atoms with E-state index in [1.165, 1.54) is 37.8 Å². The number of benzene rings is 1. The second-order valence-corrected chi connectivity index (χ2v) is 6.11. The highest BCUT2D eigenvalue weighted by atomic mass is 19.1. The monoisotopic (exact) mass is 261 g/mol. The Balaban J connectivity index is 1.63. The summed E-state index contributed by atoms with van der Waals surface area (Å²) in [4.78, 5) is 12.1. The van der Waals surface area contributed by atoms with E-state index in [2.05, 4.69) is 12.2 Å². The van der Waals surface area contributed by atoms with Gasteiger partial charge in [0.15, 0.2) is 0 Å². The van der Waals surface area contributed by atoms with Crippen LogP contribution in [0.4, 0.5) is 4.39 Å². The Kier molecular flexibility index (Phi) is 3.29. The summed E-state index contributed by atoms with van der Waals surface area (Å²) in [5.41, 5.74) is 0.412. The molecule has 1 amide bonds. The molecule has 0 unspecified atom stereocenters. The second-order valence-electron chi connectivity index (χ2n) is 6.11. The zero-order chi connectivity index (χ0) is 13.4. The molecular formula is C16H20FNO. The average Bonchev–Trinajstić information content (AvgIpc) is 3.00. The molecule has 0 heterocycles. The molecule has 102 valence electrons. The van der Waals surface area contributed by atoms with Gasteiger partial charge in [-0.05, 0) is 62.1 Å². The molecule has 1 aromatic carbocycles. The van der Waals surface area contributed by atoms with E-state index in [-0.39, 0.29) is 17.8 Å². The van der Waals surface area contributed by atoms with Crippen molar-refractivity contribution in [1.29, 1.82) is 0 Å². The van der Waals surface area contributed by atoms with E-state index in [4.69, 9.17) is 0 Å². The van der Waals surface area contributed by atoms with Crippen molar-refractivity contribution < 1.29 is 9.18 Å². The molecule has 3 heteroatoms. The Labute approximate surface area is 113 Å². The largest absolute Gasteiger partial charge is 0.349 e. The van der Waals surface area contributed by atoms with Gasteiger partial charge in [0.2, 0.25) is 0 Å². The van der Waals surface area contributed by atoms with Crippen LogP contribution in [-0.4, -0.2) is 11.9 Å². The number of nitrogens with one attached hydrogen (secondary N) is 1. The van der Waals surface area contributed by atoms with Gasteiger partial charge in [0.05, 0.1) is 0 Å². The lowest BCUT2D eigenvalue weighted by Gasteiger charge is -2.28. The van der Waals surface area contributed by atoms with Gasteiger partial charge in [-0.15, -0.1) is 0 Å². The van der Waals surface area contributed by atoms with Gasteiger partial charge in [-0.25, -0.2) is 4.39 Å². The molecule has 19 heavy (non-hydrogen) atoms. The van der Waals surface area contributed by atoms with Crippen molar-refractivity contribution in [2.75, 3.05) is 0 Å². The Morgan fingerprint density at radius 3 is 2.84 bits per heavy atom. The first-order valence-corrected chi connectivity index (χ1v) is 7.20. The number of carbonyl (C=O) groups excluding carboxylic acids is 1. The average molecular weight is 261 g/mol. The van der Waals surface area contributed by atoms with E-state index in [1.807, 2.05) is 0 Å². The van der Waals surface area contributed by atoms with Crippen molar-refractivity contribution in [2.45, 2.75) is 38.6 Å². The Morgan fingerprint density at radius 1 is 1.37 bits per heavy atom. The third-order valence-electron chi connectivity index (χ3n) is 4.88. The molecule has 1 aromatic rings. The quantitative estimate of drug-likeness (QED) is 0.888. The van der Waals surface area contributed by atoms with Crippen LogP contribution in [0, 0.1) is 23.6 Å². The fourth-order valence-electron chi connectivity index (χ4n) is 3.93. The number of rotatable bonds is 3. The van der Waals surface area contributed by atoms with Crippen molar-refractivity contribution in [1.82, 2.24) is 5.32 Å². The summed E-state index contributed by atoms with van der Waals surface area (Å²) in [6, 6.07) is 6.07. The second kappa shape index (κ2) is 4.95. The van der Waals surface area contributed by atoms with E-state index in [9.17, 15) is 9.18 Å². The minimum atomic E-state index is -0.361.